The zero-order chi connectivity index (χ0) is 15.3. The summed E-state index contributed by atoms with van der Waals surface area (Å²) in [7, 11) is -4.53. The molecule has 0 atom stereocenters. The minimum Gasteiger partial charge on any atom is -0.487 e. The lowest BCUT2D eigenvalue weighted by molar-refractivity contribution is 0.0832. The Morgan fingerprint density at radius 3 is 2.30 bits per heavy atom. The molecule has 0 bridgehead atoms. The van der Waals surface area contributed by atoms with Crippen molar-refractivity contribution in [2.24, 2.45) is 0 Å². The van der Waals surface area contributed by atoms with Crippen molar-refractivity contribution in [3.8, 4) is 11.5 Å². The molecule has 20 heavy (non-hydrogen) atoms. The van der Waals surface area contributed by atoms with Crippen LogP contribution >= 0.6 is 0 Å². The molecule has 2 rings (SSSR count). The molecule has 0 saturated heterocycles. The van der Waals surface area contributed by atoms with Crippen LogP contribution in [0.4, 0.5) is 0 Å². The van der Waals surface area contributed by atoms with Gasteiger partial charge in [-0.1, -0.05) is 0 Å². The van der Waals surface area contributed by atoms with E-state index in [0.717, 1.165) is 29.7 Å². The Morgan fingerprint density at radius 2 is 1.75 bits per heavy atom. The average molecular weight is 300 g/mol. The summed E-state index contributed by atoms with van der Waals surface area (Å²) < 4.78 is 41.7. The fourth-order valence-corrected chi connectivity index (χ4v) is 3.04. The van der Waals surface area contributed by atoms with Gasteiger partial charge in [-0.15, -0.1) is 0 Å². The van der Waals surface area contributed by atoms with E-state index in [0.29, 0.717) is 11.1 Å². The van der Waals surface area contributed by atoms with E-state index in [9.17, 15) is 8.42 Å². The fraction of sp³-hybridized carbons (Fsp3) is 0.571. The van der Waals surface area contributed by atoms with Crippen molar-refractivity contribution >= 4 is 10.4 Å². The third-order valence-corrected chi connectivity index (χ3v) is 4.23. The molecule has 5 nitrogen and oxygen atoms in total. The Kier molecular flexibility index (Phi) is 3.50. The van der Waals surface area contributed by atoms with Gasteiger partial charge in [0.05, 0.1) is 0 Å². The minimum absolute atomic E-state index is 0.201. The molecule has 1 aromatic carbocycles. The molecule has 1 N–H and O–H groups in total. The molecular formula is C14H20O5S. The van der Waals surface area contributed by atoms with Crippen LogP contribution in [0.5, 0.6) is 11.5 Å². The predicted molar refractivity (Wildman–Crippen MR) is 75.9 cm³/mol. The molecule has 6 heteroatoms. The van der Waals surface area contributed by atoms with Crippen LogP contribution in [-0.2, 0) is 16.8 Å². The monoisotopic (exact) mass is 300 g/mol. The number of rotatable bonds is 2. The quantitative estimate of drug-likeness (QED) is 0.850. The average Bonchev–Trinajstić information content (AvgIpc) is 2.29. The molecule has 1 aromatic rings. The fourth-order valence-electron chi connectivity index (χ4n) is 2.58. The predicted octanol–water partition coefficient (Wildman–Crippen LogP) is 2.90. The molecule has 0 aliphatic carbocycles. The van der Waals surface area contributed by atoms with Gasteiger partial charge in [0.25, 0.3) is 0 Å². The van der Waals surface area contributed by atoms with Crippen molar-refractivity contribution in [3.63, 3.8) is 0 Å². The van der Waals surface area contributed by atoms with E-state index in [-0.39, 0.29) is 11.4 Å². The Labute approximate surface area is 119 Å². The molecule has 112 valence electrons. The van der Waals surface area contributed by atoms with Gasteiger partial charge in [0.1, 0.15) is 11.4 Å². The van der Waals surface area contributed by atoms with Crippen LogP contribution in [0.15, 0.2) is 0 Å². The van der Waals surface area contributed by atoms with E-state index in [1.807, 2.05) is 20.8 Å². The van der Waals surface area contributed by atoms with Gasteiger partial charge < -0.3 is 8.92 Å². The summed E-state index contributed by atoms with van der Waals surface area (Å²) in [6.45, 7) is 9.47. The van der Waals surface area contributed by atoms with Gasteiger partial charge in [-0.05, 0) is 58.6 Å². The Hall–Kier alpha value is -1.27. The lowest BCUT2D eigenvalue weighted by Gasteiger charge is -2.35. The van der Waals surface area contributed by atoms with Crippen LogP contribution in [0.25, 0.3) is 0 Å². The molecule has 0 fully saturated rings. The Bertz CT molecular complexity index is 659. The van der Waals surface area contributed by atoms with Gasteiger partial charge in [0, 0.05) is 11.1 Å². The van der Waals surface area contributed by atoms with Crippen LogP contribution in [0.3, 0.4) is 0 Å². The summed E-state index contributed by atoms with van der Waals surface area (Å²) in [6, 6.07) is 0. The van der Waals surface area contributed by atoms with Crippen molar-refractivity contribution in [3.05, 3.63) is 22.3 Å². The van der Waals surface area contributed by atoms with E-state index in [1.165, 1.54) is 0 Å². The lowest BCUT2D eigenvalue weighted by atomic mass is 9.88. The highest BCUT2D eigenvalue weighted by molar-refractivity contribution is 7.81. The summed E-state index contributed by atoms with van der Waals surface area (Å²) in [4.78, 5) is 0. The first-order valence-electron chi connectivity index (χ1n) is 6.50. The third-order valence-electron chi connectivity index (χ3n) is 3.86. The van der Waals surface area contributed by atoms with Crippen molar-refractivity contribution < 1.29 is 21.9 Å². The summed E-state index contributed by atoms with van der Waals surface area (Å²) in [5.74, 6) is 1.01. The highest BCUT2D eigenvalue weighted by atomic mass is 32.3. The van der Waals surface area contributed by atoms with Crippen LogP contribution in [0, 0.1) is 20.8 Å². The standard InChI is InChI=1S/C14H20O5S/c1-8-9(2)13-11(6-7-14(4,5)18-13)10(3)12(8)19-20(15,16)17/h6-7H2,1-5H3,(H,15,16,17). The van der Waals surface area contributed by atoms with E-state index in [1.54, 1.807) is 13.8 Å². The second-order valence-corrected chi connectivity index (χ2v) is 6.91. The van der Waals surface area contributed by atoms with Crippen LogP contribution in [0.2, 0.25) is 0 Å². The van der Waals surface area contributed by atoms with Crippen LogP contribution in [0.1, 0.15) is 42.5 Å². The minimum atomic E-state index is -4.53. The topological polar surface area (TPSA) is 72.8 Å². The largest absolute Gasteiger partial charge is 0.487 e. The molecule has 0 radical (unpaired) electrons. The van der Waals surface area contributed by atoms with E-state index >= 15 is 0 Å². The molecule has 1 aliphatic rings. The van der Waals surface area contributed by atoms with Gasteiger partial charge in [-0.3, -0.25) is 4.55 Å². The highest BCUT2D eigenvalue weighted by Gasteiger charge is 2.31. The van der Waals surface area contributed by atoms with Crippen LogP contribution in [-0.4, -0.2) is 18.6 Å². The molecule has 0 aromatic heterocycles. The van der Waals surface area contributed by atoms with E-state index in [2.05, 4.69) is 0 Å². The van der Waals surface area contributed by atoms with Gasteiger partial charge in [-0.2, -0.15) is 8.42 Å². The summed E-state index contributed by atoms with van der Waals surface area (Å²) >= 11 is 0. The second kappa shape index (κ2) is 4.63. The number of ether oxygens (including phenoxy) is 1. The maximum absolute atomic E-state index is 11.0. The van der Waals surface area contributed by atoms with Gasteiger partial charge in [0.15, 0.2) is 5.75 Å². The number of benzene rings is 1. The normalized spacial score (nSPS) is 17.3. The maximum Gasteiger partial charge on any atom is 0.446 e. The van der Waals surface area contributed by atoms with Gasteiger partial charge >= 0.3 is 10.4 Å². The second-order valence-electron chi connectivity index (χ2n) is 5.88. The molecular weight excluding hydrogens is 280 g/mol. The molecule has 0 spiro atoms. The zero-order valence-electron chi connectivity index (χ0n) is 12.4. The Morgan fingerprint density at radius 1 is 1.15 bits per heavy atom. The SMILES string of the molecule is Cc1c(C)c2c(c(C)c1OS(=O)(=O)O)CCC(C)(C)O2. The van der Waals surface area contributed by atoms with Crippen molar-refractivity contribution in [1.29, 1.82) is 0 Å². The molecule has 0 saturated carbocycles. The summed E-state index contributed by atoms with van der Waals surface area (Å²) in [6.07, 6.45) is 1.63. The molecule has 0 unspecified atom stereocenters. The third kappa shape index (κ3) is 2.76. The van der Waals surface area contributed by atoms with Gasteiger partial charge in [-0.25, -0.2) is 0 Å². The molecule has 1 heterocycles. The number of hydrogen-bond donors (Lipinski definition) is 1. The first-order chi connectivity index (χ1) is 9.02. The lowest BCUT2D eigenvalue weighted by Crippen LogP contribution is -2.33. The Balaban J connectivity index is 2.63. The van der Waals surface area contributed by atoms with Crippen LogP contribution < -0.4 is 8.92 Å². The number of fused-ring (bicyclic) bond motifs is 1. The van der Waals surface area contributed by atoms with Crippen molar-refractivity contribution in [2.75, 3.05) is 0 Å². The molecule has 0 amide bonds. The number of hydrogen-bond acceptors (Lipinski definition) is 4. The zero-order valence-corrected chi connectivity index (χ0v) is 13.2. The van der Waals surface area contributed by atoms with Crippen molar-refractivity contribution in [2.45, 2.75) is 53.1 Å². The summed E-state index contributed by atoms with van der Waals surface area (Å²) in [5.41, 5.74) is 2.93. The maximum atomic E-state index is 11.0. The highest BCUT2D eigenvalue weighted by Crippen LogP contribution is 2.43. The first kappa shape index (κ1) is 15.1. The smallest absolute Gasteiger partial charge is 0.446 e. The van der Waals surface area contributed by atoms with Gasteiger partial charge in [0.2, 0.25) is 0 Å². The molecule has 1 aliphatic heterocycles. The van der Waals surface area contributed by atoms with E-state index in [4.69, 9.17) is 13.5 Å². The first-order valence-corrected chi connectivity index (χ1v) is 7.87. The van der Waals surface area contributed by atoms with Crippen molar-refractivity contribution in [1.82, 2.24) is 0 Å². The summed E-state index contributed by atoms with van der Waals surface area (Å²) in [5, 5.41) is 0. The van der Waals surface area contributed by atoms with E-state index < -0.39 is 10.4 Å².